The molecule has 8 heteroatoms. The summed E-state index contributed by atoms with van der Waals surface area (Å²) in [4.78, 5) is 24.0. The molecule has 1 unspecified atom stereocenters. The van der Waals surface area contributed by atoms with Crippen LogP contribution in [0.25, 0.3) is 0 Å². The molecule has 0 aromatic heterocycles. The minimum Gasteiger partial charge on any atom is -0.465 e. The third kappa shape index (κ3) is 4.54. The van der Waals surface area contributed by atoms with Gasteiger partial charge in [-0.2, -0.15) is 8.42 Å². The maximum absolute atomic E-state index is 12.0. The zero-order valence-corrected chi connectivity index (χ0v) is 13.1. The molecular formula is C14H18O7S. The highest BCUT2D eigenvalue weighted by atomic mass is 32.2. The molecule has 0 fully saturated rings. The Hall–Kier alpha value is -1.93. The average Bonchev–Trinajstić information content (AvgIpc) is 2.44. The topological polar surface area (TPSA) is 107 Å². The highest BCUT2D eigenvalue weighted by Gasteiger charge is 2.45. The van der Waals surface area contributed by atoms with Crippen molar-refractivity contribution in [3.63, 3.8) is 0 Å². The Bertz CT molecular complexity index is 591. The van der Waals surface area contributed by atoms with E-state index in [1.165, 1.54) is 38.1 Å². The van der Waals surface area contributed by atoms with Crippen LogP contribution >= 0.6 is 0 Å². The highest BCUT2D eigenvalue weighted by Crippen LogP contribution is 2.31. The van der Waals surface area contributed by atoms with Crippen molar-refractivity contribution in [2.24, 2.45) is 5.92 Å². The van der Waals surface area contributed by atoms with E-state index < -0.39 is 33.2 Å². The molecule has 1 N–H and O–H groups in total. The van der Waals surface area contributed by atoms with E-state index in [2.05, 4.69) is 0 Å². The second-order valence-corrected chi connectivity index (χ2v) is 5.87. The standard InChI is InChI=1S/C14H18O7S/c1-3-20-13(15)11(14(16)21-4-2)12(22(17,18)19)10-8-6-5-7-9-10/h5-9,11-12H,3-4H2,1-2H3,(H,17,18,19). The van der Waals surface area contributed by atoms with E-state index in [1.807, 2.05) is 0 Å². The number of hydrogen-bond donors (Lipinski definition) is 1. The summed E-state index contributed by atoms with van der Waals surface area (Å²) < 4.78 is 42.5. The minimum atomic E-state index is -4.75. The van der Waals surface area contributed by atoms with Crippen LogP contribution in [0.4, 0.5) is 0 Å². The Balaban J connectivity index is 3.37. The summed E-state index contributed by atoms with van der Waals surface area (Å²) in [6, 6.07) is 7.48. The molecule has 1 atom stereocenters. The number of rotatable bonds is 7. The van der Waals surface area contributed by atoms with Gasteiger partial charge in [-0.1, -0.05) is 30.3 Å². The monoisotopic (exact) mass is 330 g/mol. The van der Waals surface area contributed by atoms with Crippen molar-refractivity contribution in [1.82, 2.24) is 0 Å². The van der Waals surface area contributed by atoms with Gasteiger partial charge in [0.05, 0.1) is 13.2 Å². The molecule has 0 saturated heterocycles. The normalized spacial score (nSPS) is 12.7. The lowest BCUT2D eigenvalue weighted by Gasteiger charge is -2.22. The van der Waals surface area contributed by atoms with Gasteiger partial charge in [0.1, 0.15) is 5.25 Å². The maximum Gasteiger partial charge on any atom is 0.322 e. The Morgan fingerprint density at radius 3 is 1.86 bits per heavy atom. The Kier molecular flexibility index (Phi) is 6.51. The summed E-state index contributed by atoms with van der Waals surface area (Å²) in [6.45, 7) is 2.96. The number of benzene rings is 1. The SMILES string of the molecule is CCOC(=O)C(C(=O)OCC)C(c1ccccc1)S(=O)(=O)O. The number of carbonyl (C=O) groups is 2. The van der Waals surface area contributed by atoms with Crippen molar-refractivity contribution in [3.8, 4) is 0 Å². The molecule has 0 aliphatic heterocycles. The van der Waals surface area contributed by atoms with Crippen molar-refractivity contribution in [2.45, 2.75) is 19.1 Å². The third-order valence-corrected chi connectivity index (χ3v) is 4.02. The van der Waals surface area contributed by atoms with Gasteiger partial charge in [-0.05, 0) is 19.4 Å². The molecule has 1 rings (SSSR count). The zero-order chi connectivity index (χ0) is 16.8. The van der Waals surface area contributed by atoms with Crippen LogP contribution in [0.15, 0.2) is 30.3 Å². The molecule has 0 aliphatic rings. The summed E-state index contributed by atoms with van der Waals surface area (Å²) >= 11 is 0. The first-order chi connectivity index (χ1) is 10.3. The second-order valence-electron chi connectivity index (χ2n) is 4.33. The molecular weight excluding hydrogens is 312 g/mol. The van der Waals surface area contributed by atoms with Crippen LogP contribution in [-0.2, 0) is 29.2 Å². The van der Waals surface area contributed by atoms with E-state index in [9.17, 15) is 22.6 Å². The molecule has 1 aromatic rings. The van der Waals surface area contributed by atoms with Crippen molar-refractivity contribution < 1.29 is 32.0 Å². The van der Waals surface area contributed by atoms with Gasteiger partial charge in [-0.25, -0.2) is 0 Å². The summed E-state index contributed by atoms with van der Waals surface area (Å²) in [6.07, 6.45) is 0. The lowest BCUT2D eigenvalue weighted by Crippen LogP contribution is -2.36. The van der Waals surface area contributed by atoms with E-state index in [0.29, 0.717) is 0 Å². The van der Waals surface area contributed by atoms with Gasteiger partial charge in [-0.15, -0.1) is 0 Å². The van der Waals surface area contributed by atoms with Crippen LogP contribution in [0, 0.1) is 5.92 Å². The molecule has 0 saturated carbocycles. The van der Waals surface area contributed by atoms with Crippen LogP contribution in [0.2, 0.25) is 0 Å². The molecule has 1 aromatic carbocycles. The minimum absolute atomic E-state index is 0.0400. The highest BCUT2D eigenvalue weighted by molar-refractivity contribution is 7.86. The lowest BCUT2D eigenvalue weighted by molar-refractivity contribution is -0.161. The molecule has 0 aliphatic carbocycles. The molecule has 0 spiro atoms. The molecule has 0 amide bonds. The average molecular weight is 330 g/mol. The number of carbonyl (C=O) groups excluding carboxylic acids is 2. The number of hydrogen-bond acceptors (Lipinski definition) is 6. The van der Waals surface area contributed by atoms with Crippen LogP contribution in [0.3, 0.4) is 0 Å². The van der Waals surface area contributed by atoms with E-state index >= 15 is 0 Å². The summed E-state index contributed by atoms with van der Waals surface area (Å²) in [7, 11) is -4.75. The molecule has 7 nitrogen and oxygen atoms in total. The molecule has 122 valence electrons. The summed E-state index contributed by atoms with van der Waals surface area (Å²) in [5.41, 5.74) is 0.0936. The van der Waals surface area contributed by atoms with Gasteiger partial charge in [0.25, 0.3) is 10.1 Å². The van der Waals surface area contributed by atoms with Gasteiger partial charge in [0.15, 0.2) is 5.92 Å². The Labute approximate surface area is 129 Å². The quantitative estimate of drug-likeness (QED) is 0.457. The largest absolute Gasteiger partial charge is 0.465 e. The Morgan fingerprint density at radius 1 is 1.05 bits per heavy atom. The fraction of sp³-hybridized carbons (Fsp3) is 0.429. The van der Waals surface area contributed by atoms with Crippen molar-refractivity contribution in [2.75, 3.05) is 13.2 Å². The first-order valence-corrected chi connectivity index (χ1v) is 8.17. The third-order valence-electron chi connectivity index (χ3n) is 2.83. The Morgan fingerprint density at radius 2 is 1.50 bits per heavy atom. The van der Waals surface area contributed by atoms with Crippen molar-refractivity contribution in [1.29, 1.82) is 0 Å². The second kappa shape index (κ2) is 7.90. The van der Waals surface area contributed by atoms with Crippen LogP contribution < -0.4 is 0 Å². The van der Waals surface area contributed by atoms with E-state index in [0.717, 1.165) is 0 Å². The van der Waals surface area contributed by atoms with Crippen LogP contribution in [0.1, 0.15) is 24.7 Å². The van der Waals surface area contributed by atoms with Gasteiger partial charge in [0.2, 0.25) is 0 Å². The van der Waals surface area contributed by atoms with Gasteiger partial charge >= 0.3 is 11.9 Å². The maximum atomic E-state index is 12.0. The first kappa shape index (κ1) is 18.1. The lowest BCUT2D eigenvalue weighted by atomic mass is 9.98. The fourth-order valence-electron chi connectivity index (χ4n) is 1.99. The zero-order valence-electron chi connectivity index (χ0n) is 12.3. The van der Waals surface area contributed by atoms with Gasteiger partial charge < -0.3 is 9.47 Å². The molecule has 0 heterocycles. The van der Waals surface area contributed by atoms with Crippen molar-refractivity contribution in [3.05, 3.63) is 35.9 Å². The van der Waals surface area contributed by atoms with Crippen LogP contribution in [-0.4, -0.2) is 38.1 Å². The van der Waals surface area contributed by atoms with E-state index in [1.54, 1.807) is 6.07 Å². The fourth-order valence-corrected chi connectivity index (χ4v) is 3.05. The van der Waals surface area contributed by atoms with Gasteiger partial charge in [-0.3, -0.25) is 14.1 Å². The molecule has 22 heavy (non-hydrogen) atoms. The smallest absolute Gasteiger partial charge is 0.322 e. The summed E-state index contributed by atoms with van der Waals surface area (Å²) in [5.74, 6) is -3.92. The van der Waals surface area contributed by atoms with Crippen molar-refractivity contribution >= 4 is 22.1 Å². The van der Waals surface area contributed by atoms with Crippen LogP contribution in [0.5, 0.6) is 0 Å². The van der Waals surface area contributed by atoms with Gasteiger partial charge in [0, 0.05) is 0 Å². The van der Waals surface area contributed by atoms with E-state index in [4.69, 9.17) is 9.47 Å². The summed E-state index contributed by atoms with van der Waals surface area (Å²) in [5, 5.41) is -1.79. The predicted molar refractivity (Wildman–Crippen MR) is 77.5 cm³/mol. The number of esters is 2. The number of ether oxygens (including phenoxy) is 2. The molecule has 0 bridgehead atoms. The predicted octanol–water partition coefficient (Wildman–Crippen LogP) is 1.36. The first-order valence-electron chi connectivity index (χ1n) is 6.67. The molecule has 0 radical (unpaired) electrons. The van der Waals surface area contributed by atoms with E-state index in [-0.39, 0.29) is 18.8 Å².